The van der Waals surface area contributed by atoms with E-state index in [9.17, 15) is 18.4 Å². The van der Waals surface area contributed by atoms with Gasteiger partial charge in [-0.15, -0.1) is 0 Å². The van der Waals surface area contributed by atoms with Crippen molar-refractivity contribution < 1.29 is 27.5 Å². The van der Waals surface area contributed by atoms with Gasteiger partial charge in [0.2, 0.25) is 5.88 Å². The van der Waals surface area contributed by atoms with Crippen molar-refractivity contribution >= 4 is 17.5 Å². The fourth-order valence-electron chi connectivity index (χ4n) is 5.49. The van der Waals surface area contributed by atoms with Gasteiger partial charge < -0.3 is 24.8 Å². The number of nitrogens with one attached hydrogen (secondary N) is 1. The molecule has 2 aromatic carbocycles. The van der Waals surface area contributed by atoms with Crippen molar-refractivity contribution in [3.63, 3.8) is 0 Å². The maximum atomic E-state index is 16.5. The van der Waals surface area contributed by atoms with E-state index < -0.39 is 24.1 Å². The van der Waals surface area contributed by atoms with Crippen molar-refractivity contribution in [2.45, 2.75) is 39.7 Å². The van der Waals surface area contributed by atoms with Gasteiger partial charge in [-0.2, -0.15) is 0 Å². The molecular formula is C33H40F3N5O3. The van der Waals surface area contributed by atoms with Crippen LogP contribution in [0.4, 0.5) is 18.9 Å². The van der Waals surface area contributed by atoms with Crippen LogP contribution >= 0.6 is 0 Å². The Kier molecular flexibility index (Phi) is 10.9. The molecule has 4 rings (SSSR count). The topological polar surface area (TPSA) is 78.0 Å². The number of carbonyl (C=O) groups is 2. The number of piperazine rings is 1. The molecule has 1 atom stereocenters. The Bertz CT molecular complexity index is 1480. The van der Waals surface area contributed by atoms with E-state index in [0.29, 0.717) is 42.9 Å². The lowest BCUT2D eigenvalue weighted by Gasteiger charge is -2.43. The highest BCUT2D eigenvalue weighted by Gasteiger charge is 2.34. The molecule has 11 heteroatoms. The zero-order valence-electron chi connectivity index (χ0n) is 25.9. The van der Waals surface area contributed by atoms with Crippen molar-refractivity contribution in [1.29, 1.82) is 0 Å². The lowest BCUT2D eigenvalue weighted by Crippen LogP contribution is -2.55. The molecule has 0 bridgehead atoms. The Balaban J connectivity index is 1.71. The van der Waals surface area contributed by atoms with Gasteiger partial charge in [-0.1, -0.05) is 18.6 Å². The summed E-state index contributed by atoms with van der Waals surface area (Å²) < 4.78 is 49.8. The molecule has 1 fully saturated rings. The number of anilines is 1. The molecule has 236 valence electrons. The van der Waals surface area contributed by atoms with E-state index in [1.54, 1.807) is 48.4 Å². The first kappa shape index (κ1) is 32.8. The molecule has 2 heterocycles. The lowest BCUT2D eigenvalue weighted by molar-refractivity contribution is 0.0708. The number of aryl methyl sites for hydroxylation is 1. The second-order valence-electron chi connectivity index (χ2n) is 11.1. The quantitative estimate of drug-likeness (QED) is 0.306. The van der Waals surface area contributed by atoms with E-state index >= 15 is 4.39 Å². The number of hydrogen-bond donors (Lipinski definition) is 1. The predicted octanol–water partition coefficient (Wildman–Crippen LogP) is 5.56. The number of alkyl halides is 2. The van der Waals surface area contributed by atoms with Crippen molar-refractivity contribution in [2.24, 2.45) is 0 Å². The van der Waals surface area contributed by atoms with Crippen LogP contribution in [0.5, 0.6) is 5.88 Å². The van der Waals surface area contributed by atoms with Crippen LogP contribution in [-0.4, -0.2) is 86.1 Å². The first-order valence-electron chi connectivity index (χ1n) is 14.9. The smallest absolute Gasteiger partial charge is 0.264 e. The summed E-state index contributed by atoms with van der Waals surface area (Å²) in [6, 6.07) is 10.9. The molecule has 0 saturated carbocycles. The zero-order chi connectivity index (χ0) is 32.0. The maximum absolute atomic E-state index is 16.5. The molecule has 0 unspecified atom stereocenters. The van der Waals surface area contributed by atoms with Gasteiger partial charge in [0.1, 0.15) is 5.82 Å². The number of likely N-dealkylation sites (N-methyl/N-ethyl adjacent to an activating group) is 1. The first-order valence-corrected chi connectivity index (χ1v) is 14.9. The van der Waals surface area contributed by atoms with Gasteiger partial charge in [-0.25, -0.2) is 18.2 Å². The normalized spacial score (nSPS) is 15.2. The first-order chi connectivity index (χ1) is 21.1. The van der Waals surface area contributed by atoms with E-state index in [1.807, 2.05) is 37.7 Å². The van der Waals surface area contributed by atoms with Crippen LogP contribution in [0, 0.1) is 12.7 Å². The second-order valence-corrected chi connectivity index (χ2v) is 11.1. The number of pyridine rings is 1. The summed E-state index contributed by atoms with van der Waals surface area (Å²) in [6.45, 7) is 7.40. The lowest BCUT2D eigenvalue weighted by atomic mass is 9.97. The van der Waals surface area contributed by atoms with E-state index in [1.165, 1.54) is 12.1 Å². The highest BCUT2D eigenvalue weighted by Crippen LogP contribution is 2.37. The van der Waals surface area contributed by atoms with Crippen LogP contribution in [0.25, 0.3) is 11.1 Å². The third-order valence-electron chi connectivity index (χ3n) is 7.76. The molecule has 44 heavy (non-hydrogen) atoms. The van der Waals surface area contributed by atoms with Crippen LogP contribution in [0.3, 0.4) is 0 Å². The van der Waals surface area contributed by atoms with Gasteiger partial charge in [0, 0.05) is 67.2 Å². The number of carbonyl (C=O) groups excluding carboxylic acids is 2. The maximum Gasteiger partial charge on any atom is 0.264 e. The SMILES string of the molecule is CCOc1ncccc1-c1ccc(N2CCN(C(=O)c3ccc(C)cc3C(F)F)C[C@H]2CC)c(C(=O)NCCN(C)C)c1F. The minimum absolute atomic E-state index is 0.0215. The number of nitrogens with zero attached hydrogens (tertiary/aromatic N) is 4. The standard InChI is InChI=1S/C33H40F3N5O3/c1-6-22-20-40(33(43)25-11-10-21(3)19-26(25)30(35)36)17-18-41(22)27-13-12-23(24-9-8-14-38-32(24)44-7-2)29(34)28(27)31(42)37-15-16-39(4)5/h8-14,19,22,30H,6-7,15-18,20H2,1-5H3,(H,37,42)/t22-/m1/s1. The summed E-state index contributed by atoms with van der Waals surface area (Å²) in [5.74, 6) is -1.47. The van der Waals surface area contributed by atoms with Crippen molar-refractivity contribution in [2.75, 3.05) is 58.3 Å². The molecule has 1 aliphatic heterocycles. The fraction of sp³-hybridized carbons (Fsp3) is 0.424. The van der Waals surface area contributed by atoms with Crippen LogP contribution in [0.1, 0.15) is 58.5 Å². The average molecular weight is 612 g/mol. The number of aromatic nitrogens is 1. The summed E-state index contributed by atoms with van der Waals surface area (Å²) >= 11 is 0. The Labute approximate surface area is 256 Å². The van der Waals surface area contributed by atoms with Crippen LogP contribution in [-0.2, 0) is 0 Å². The highest BCUT2D eigenvalue weighted by atomic mass is 19.3. The van der Waals surface area contributed by atoms with Crippen molar-refractivity contribution in [3.05, 3.63) is 76.7 Å². The Morgan fingerprint density at radius 2 is 1.89 bits per heavy atom. The monoisotopic (exact) mass is 611 g/mol. The van der Waals surface area contributed by atoms with E-state index in [-0.39, 0.29) is 53.8 Å². The average Bonchev–Trinajstić information content (AvgIpc) is 3.00. The third kappa shape index (κ3) is 7.15. The summed E-state index contributed by atoms with van der Waals surface area (Å²) in [4.78, 5) is 36.7. The number of amides is 2. The minimum Gasteiger partial charge on any atom is -0.478 e. The van der Waals surface area contributed by atoms with Crippen molar-refractivity contribution in [3.8, 4) is 17.0 Å². The van der Waals surface area contributed by atoms with Gasteiger partial charge in [0.25, 0.3) is 18.2 Å². The van der Waals surface area contributed by atoms with Gasteiger partial charge in [0.05, 0.1) is 17.9 Å². The van der Waals surface area contributed by atoms with Crippen LogP contribution < -0.4 is 15.0 Å². The molecule has 2 amide bonds. The summed E-state index contributed by atoms with van der Waals surface area (Å²) in [5.41, 5.74) is 1.24. The minimum atomic E-state index is -2.78. The molecule has 0 spiro atoms. The Morgan fingerprint density at radius 1 is 1.11 bits per heavy atom. The molecule has 1 saturated heterocycles. The predicted molar refractivity (Wildman–Crippen MR) is 165 cm³/mol. The molecule has 1 N–H and O–H groups in total. The van der Waals surface area contributed by atoms with E-state index in [4.69, 9.17) is 4.74 Å². The highest BCUT2D eigenvalue weighted by molar-refractivity contribution is 6.02. The van der Waals surface area contributed by atoms with Crippen molar-refractivity contribution in [1.82, 2.24) is 20.1 Å². The number of halogens is 3. The van der Waals surface area contributed by atoms with Gasteiger partial charge >= 0.3 is 0 Å². The second kappa shape index (κ2) is 14.6. The molecular weight excluding hydrogens is 571 g/mol. The summed E-state index contributed by atoms with van der Waals surface area (Å²) in [7, 11) is 3.76. The number of benzene rings is 2. The van der Waals surface area contributed by atoms with Gasteiger partial charge in [-0.05, 0) is 70.8 Å². The number of hydrogen-bond acceptors (Lipinski definition) is 6. The molecule has 8 nitrogen and oxygen atoms in total. The third-order valence-corrected chi connectivity index (χ3v) is 7.76. The molecule has 1 aliphatic rings. The number of rotatable bonds is 11. The summed E-state index contributed by atoms with van der Waals surface area (Å²) in [6.07, 6.45) is -0.653. The van der Waals surface area contributed by atoms with Crippen LogP contribution in [0.2, 0.25) is 0 Å². The fourth-order valence-corrected chi connectivity index (χ4v) is 5.49. The molecule has 1 aromatic heterocycles. The zero-order valence-corrected chi connectivity index (χ0v) is 25.9. The van der Waals surface area contributed by atoms with Gasteiger partial charge in [0.15, 0.2) is 0 Å². The molecule has 3 aromatic rings. The Hall–Kier alpha value is -4.12. The van der Waals surface area contributed by atoms with Gasteiger partial charge in [-0.3, -0.25) is 9.59 Å². The number of ether oxygens (including phenoxy) is 1. The van der Waals surface area contributed by atoms with E-state index in [2.05, 4.69) is 10.3 Å². The summed E-state index contributed by atoms with van der Waals surface area (Å²) in [5, 5.41) is 2.84. The molecule has 0 aliphatic carbocycles. The van der Waals surface area contributed by atoms with Crippen LogP contribution in [0.15, 0.2) is 48.7 Å². The van der Waals surface area contributed by atoms with E-state index in [0.717, 1.165) is 0 Å². The largest absolute Gasteiger partial charge is 0.478 e. The molecule has 0 radical (unpaired) electrons. The Morgan fingerprint density at radius 3 is 2.57 bits per heavy atom.